The molecule has 1 aromatic rings. The maximum Gasteiger partial charge on any atom is 0.304 e. The number of carboxylic acid groups (broad SMARTS) is 1. The minimum absolute atomic E-state index is 0.0594. The number of sulfone groups is 1. The Labute approximate surface area is 93.0 Å². The monoisotopic (exact) mass is 244 g/mol. The molecule has 6 nitrogen and oxygen atoms in total. The molecule has 1 rings (SSSR count). The number of nitrogens with two attached hydrogens (primary N) is 1. The summed E-state index contributed by atoms with van der Waals surface area (Å²) in [6.45, 7) is 0. The van der Waals surface area contributed by atoms with Gasteiger partial charge in [-0.15, -0.1) is 0 Å². The second kappa shape index (κ2) is 4.95. The smallest absolute Gasteiger partial charge is 0.304 e. The molecule has 4 N–H and O–H groups in total. The van der Waals surface area contributed by atoms with E-state index in [0.29, 0.717) is 5.69 Å². The first-order valence-corrected chi connectivity index (χ1v) is 6.12. The van der Waals surface area contributed by atoms with Crippen LogP contribution in [0.25, 0.3) is 0 Å². The molecule has 0 unspecified atom stereocenters. The lowest BCUT2D eigenvalue weighted by molar-refractivity contribution is -0.136. The lowest BCUT2D eigenvalue weighted by Gasteiger charge is -2.05. The molecular weight excluding hydrogens is 232 g/mol. The van der Waals surface area contributed by atoms with Gasteiger partial charge >= 0.3 is 5.97 Å². The third-order valence-corrected chi connectivity index (χ3v) is 3.66. The normalized spacial score (nSPS) is 11.1. The molecule has 0 spiro atoms. The van der Waals surface area contributed by atoms with Crippen molar-refractivity contribution >= 4 is 21.5 Å². The molecule has 88 valence electrons. The third-order valence-electron chi connectivity index (χ3n) is 1.94. The van der Waals surface area contributed by atoms with Gasteiger partial charge in [0.25, 0.3) is 0 Å². The molecule has 0 aromatic heterocycles. The van der Waals surface area contributed by atoms with Gasteiger partial charge in [0, 0.05) is 5.69 Å². The van der Waals surface area contributed by atoms with Gasteiger partial charge in [0.15, 0.2) is 9.84 Å². The highest BCUT2D eigenvalue weighted by Gasteiger charge is 2.16. The summed E-state index contributed by atoms with van der Waals surface area (Å²) < 4.78 is 23.3. The van der Waals surface area contributed by atoms with Crippen molar-refractivity contribution in [1.29, 1.82) is 0 Å². The number of hydrazine groups is 1. The zero-order chi connectivity index (χ0) is 12.2. The SMILES string of the molecule is NNc1cccc(S(=O)(=O)CCC(=O)O)c1. The largest absolute Gasteiger partial charge is 0.481 e. The fraction of sp³-hybridized carbons (Fsp3) is 0.222. The van der Waals surface area contributed by atoms with Crippen LogP contribution in [0.5, 0.6) is 0 Å². The molecule has 0 saturated heterocycles. The van der Waals surface area contributed by atoms with E-state index in [1.54, 1.807) is 6.07 Å². The quantitative estimate of drug-likeness (QED) is 0.505. The Morgan fingerprint density at radius 3 is 2.69 bits per heavy atom. The van der Waals surface area contributed by atoms with E-state index in [9.17, 15) is 13.2 Å². The van der Waals surface area contributed by atoms with Crippen molar-refractivity contribution in [1.82, 2.24) is 0 Å². The number of aliphatic carboxylic acids is 1. The average molecular weight is 244 g/mol. The summed E-state index contributed by atoms with van der Waals surface area (Å²) in [7, 11) is -3.56. The van der Waals surface area contributed by atoms with E-state index in [4.69, 9.17) is 10.9 Å². The van der Waals surface area contributed by atoms with E-state index in [2.05, 4.69) is 5.43 Å². The Bertz CT molecular complexity index is 484. The van der Waals surface area contributed by atoms with E-state index in [1.165, 1.54) is 18.2 Å². The number of rotatable bonds is 5. The first-order chi connectivity index (χ1) is 7.45. The predicted octanol–water partition coefficient (Wildman–Crippen LogP) is 0.221. The van der Waals surface area contributed by atoms with E-state index >= 15 is 0 Å². The average Bonchev–Trinajstić information content (AvgIpc) is 2.27. The number of nitrogens with one attached hydrogen (secondary N) is 1. The molecule has 1 aromatic carbocycles. The van der Waals surface area contributed by atoms with Gasteiger partial charge in [0.1, 0.15) is 0 Å². The minimum Gasteiger partial charge on any atom is -0.481 e. The second-order valence-corrected chi connectivity index (χ2v) is 5.24. The van der Waals surface area contributed by atoms with Crippen molar-refractivity contribution in [2.24, 2.45) is 5.84 Å². The van der Waals surface area contributed by atoms with Gasteiger partial charge in [-0.25, -0.2) is 8.42 Å². The van der Waals surface area contributed by atoms with Crippen molar-refractivity contribution in [2.75, 3.05) is 11.2 Å². The topological polar surface area (TPSA) is 109 Å². The fourth-order valence-corrected chi connectivity index (χ4v) is 2.39. The zero-order valence-corrected chi connectivity index (χ0v) is 9.20. The number of hydrogen-bond acceptors (Lipinski definition) is 5. The standard InChI is InChI=1S/C9H12N2O4S/c10-11-7-2-1-3-8(6-7)16(14,15)5-4-9(12)13/h1-3,6,11H,4-5,10H2,(H,12,13). The number of carboxylic acids is 1. The molecule has 7 heteroatoms. The highest BCUT2D eigenvalue weighted by molar-refractivity contribution is 7.91. The van der Waals surface area contributed by atoms with Crippen LogP contribution in [0.3, 0.4) is 0 Å². The van der Waals surface area contributed by atoms with Gasteiger partial charge in [0.05, 0.1) is 17.1 Å². The van der Waals surface area contributed by atoms with Crippen LogP contribution in [0.4, 0.5) is 5.69 Å². The number of hydrogen-bond donors (Lipinski definition) is 3. The molecule has 0 aliphatic rings. The number of benzene rings is 1. The van der Waals surface area contributed by atoms with Gasteiger partial charge in [-0.3, -0.25) is 10.6 Å². The summed E-state index contributed by atoms with van der Waals surface area (Å²) in [6.07, 6.45) is -0.414. The molecule has 16 heavy (non-hydrogen) atoms. The first-order valence-electron chi connectivity index (χ1n) is 4.47. The van der Waals surface area contributed by atoms with Gasteiger partial charge in [-0.05, 0) is 18.2 Å². The lowest BCUT2D eigenvalue weighted by atomic mass is 10.3. The fourth-order valence-electron chi connectivity index (χ4n) is 1.12. The molecule has 0 aliphatic heterocycles. The summed E-state index contributed by atoms with van der Waals surface area (Å²) in [5.41, 5.74) is 2.78. The highest BCUT2D eigenvalue weighted by atomic mass is 32.2. The molecule has 0 amide bonds. The molecule has 0 saturated carbocycles. The van der Waals surface area contributed by atoms with Crippen LogP contribution in [0.1, 0.15) is 6.42 Å². The van der Waals surface area contributed by atoms with Crippen LogP contribution >= 0.6 is 0 Å². The summed E-state index contributed by atoms with van der Waals surface area (Å²) in [6, 6.07) is 5.90. The Morgan fingerprint density at radius 1 is 1.44 bits per heavy atom. The molecule has 0 aliphatic carbocycles. The first kappa shape index (κ1) is 12.5. The van der Waals surface area contributed by atoms with Gasteiger partial charge in [-0.2, -0.15) is 0 Å². The van der Waals surface area contributed by atoms with Crippen LogP contribution in [-0.4, -0.2) is 25.2 Å². The van der Waals surface area contributed by atoms with E-state index in [0.717, 1.165) is 0 Å². The van der Waals surface area contributed by atoms with Crippen molar-refractivity contribution in [2.45, 2.75) is 11.3 Å². The summed E-state index contributed by atoms with van der Waals surface area (Å²) in [5.74, 6) is 3.58. The molecule has 0 atom stereocenters. The lowest BCUT2D eigenvalue weighted by Crippen LogP contribution is -2.12. The Hall–Kier alpha value is -1.60. The van der Waals surface area contributed by atoms with Gasteiger partial charge in [0.2, 0.25) is 0 Å². The van der Waals surface area contributed by atoms with Crippen LogP contribution < -0.4 is 11.3 Å². The Balaban J connectivity index is 2.93. The predicted molar refractivity (Wildman–Crippen MR) is 58.6 cm³/mol. The van der Waals surface area contributed by atoms with Crippen LogP contribution in [-0.2, 0) is 14.6 Å². The number of carbonyl (C=O) groups is 1. The van der Waals surface area contributed by atoms with Crippen LogP contribution in [0, 0.1) is 0 Å². The van der Waals surface area contributed by atoms with Crippen LogP contribution in [0.2, 0.25) is 0 Å². The van der Waals surface area contributed by atoms with Crippen molar-refractivity contribution in [3.8, 4) is 0 Å². The number of nitrogen functional groups attached to an aromatic ring is 1. The maximum atomic E-state index is 11.7. The van der Waals surface area contributed by atoms with E-state index < -0.39 is 28.0 Å². The van der Waals surface area contributed by atoms with Gasteiger partial charge < -0.3 is 10.5 Å². The molecule has 0 radical (unpaired) electrons. The Kier molecular flexibility index (Phi) is 3.86. The molecule has 0 heterocycles. The van der Waals surface area contributed by atoms with Crippen molar-refractivity contribution in [3.63, 3.8) is 0 Å². The third kappa shape index (κ3) is 3.21. The molecule has 0 fully saturated rings. The maximum absolute atomic E-state index is 11.7. The van der Waals surface area contributed by atoms with E-state index in [1.807, 2.05) is 0 Å². The zero-order valence-electron chi connectivity index (χ0n) is 8.38. The number of anilines is 1. The summed E-state index contributed by atoms with van der Waals surface area (Å²) in [5, 5.41) is 8.43. The Morgan fingerprint density at radius 2 is 2.12 bits per heavy atom. The highest BCUT2D eigenvalue weighted by Crippen LogP contribution is 2.16. The minimum atomic E-state index is -3.56. The van der Waals surface area contributed by atoms with Crippen LogP contribution in [0.15, 0.2) is 29.2 Å². The summed E-state index contributed by atoms with van der Waals surface area (Å²) in [4.78, 5) is 10.4. The summed E-state index contributed by atoms with van der Waals surface area (Å²) >= 11 is 0. The molecule has 0 bridgehead atoms. The van der Waals surface area contributed by atoms with Crippen molar-refractivity contribution < 1.29 is 18.3 Å². The van der Waals surface area contributed by atoms with Crippen molar-refractivity contribution in [3.05, 3.63) is 24.3 Å². The van der Waals surface area contributed by atoms with Gasteiger partial charge in [-0.1, -0.05) is 6.07 Å². The second-order valence-electron chi connectivity index (χ2n) is 3.13. The molecular formula is C9H12N2O4S. The van der Waals surface area contributed by atoms with E-state index in [-0.39, 0.29) is 4.90 Å².